The Morgan fingerprint density at radius 2 is 1.80 bits per heavy atom. The van der Waals surface area contributed by atoms with Gasteiger partial charge in [-0.2, -0.15) is 0 Å². The van der Waals surface area contributed by atoms with Crippen LogP contribution in [-0.2, 0) is 0 Å². The molecule has 1 fully saturated rings. The van der Waals surface area contributed by atoms with Crippen molar-refractivity contribution in [2.45, 2.75) is 53.0 Å². The van der Waals surface area contributed by atoms with E-state index >= 15 is 0 Å². The van der Waals surface area contributed by atoms with Gasteiger partial charge >= 0.3 is 0 Å². The Morgan fingerprint density at radius 3 is 2.20 bits per heavy atom. The van der Waals surface area contributed by atoms with E-state index in [4.69, 9.17) is 5.11 Å². The molecule has 0 amide bonds. The third-order valence-electron chi connectivity index (χ3n) is 3.36. The van der Waals surface area contributed by atoms with Gasteiger partial charge in [0.2, 0.25) is 0 Å². The molecule has 0 aromatic heterocycles. The van der Waals surface area contributed by atoms with Crippen molar-refractivity contribution < 1.29 is 5.11 Å². The summed E-state index contributed by atoms with van der Waals surface area (Å²) >= 11 is 0. The van der Waals surface area contributed by atoms with Crippen molar-refractivity contribution in [2.24, 2.45) is 11.3 Å². The predicted octanol–water partition coefficient (Wildman–Crippen LogP) is 2.52. The third kappa shape index (κ3) is 3.76. The minimum absolute atomic E-state index is 0.266. The van der Waals surface area contributed by atoms with Crippen LogP contribution in [0, 0.1) is 11.3 Å². The van der Waals surface area contributed by atoms with E-state index in [0.717, 1.165) is 19.5 Å². The molecule has 1 aliphatic rings. The first-order chi connectivity index (χ1) is 6.74. The zero-order valence-electron chi connectivity index (χ0n) is 11.0. The first-order valence-electron chi connectivity index (χ1n) is 6.10. The van der Waals surface area contributed by atoms with Crippen LogP contribution in [0.15, 0.2) is 0 Å². The maximum absolute atomic E-state index is 9.16. The van der Waals surface area contributed by atoms with Crippen molar-refractivity contribution in [3.05, 3.63) is 0 Å². The van der Waals surface area contributed by atoms with Gasteiger partial charge in [0, 0.05) is 18.7 Å². The number of rotatable bonds is 3. The van der Waals surface area contributed by atoms with Gasteiger partial charge < -0.3 is 5.11 Å². The molecule has 1 aliphatic heterocycles. The molecule has 1 saturated heterocycles. The molecule has 2 nitrogen and oxygen atoms in total. The van der Waals surface area contributed by atoms with Gasteiger partial charge in [-0.3, -0.25) is 4.90 Å². The second-order valence-electron chi connectivity index (χ2n) is 6.83. The number of hydrogen-bond acceptors (Lipinski definition) is 2. The van der Waals surface area contributed by atoms with Gasteiger partial charge in [-0.25, -0.2) is 0 Å². The average Bonchev–Trinajstić information content (AvgIpc) is 2.47. The fraction of sp³-hybridized carbons (Fsp3) is 1.00. The average molecular weight is 213 g/mol. The highest BCUT2D eigenvalue weighted by atomic mass is 16.3. The molecule has 0 aromatic rings. The molecule has 1 unspecified atom stereocenters. The lowest BCUT2D eigenvalue weighted by Gasteiger charge is -2.40. The minimum atomic E-state index is 0.266. The van der Waals surface area contributed by atoms with Crippen LogP contribution < -0.4 is 0 Å². The molecule has 0 aliphatic carbocycles. The minimum Gasteiger partial charge on any atom is -0.396 e. The summed E-state index contributed by atoms with van der Waals surface area (Å²) in [5, 5.41) is 9.16. The van der Waals surface area contributed by atoms with E-state index in [2.05, 4.69) is 39.5 Å². The van der Waals surface area contributed by atoms with E-state index in [-0.39, 0.29) is 5.54 Å². The first-order valence-corrected chi connectivity index (χ1v) is 6.10. The van der Waals surface area contributed by atoms with Crippen LogP contribution in [0.25, 0.3) is 0 Å². The number of aliphatic hydroxyl groups is 1. The topological polar surface area (TPSA) is 23.5 Å². The molecule has 1 heterocycles. The van der Waals surface area contributed by atoms with Gasteiger partial charge in [-0.15, -0.1) is 0 Å². The van der Waals surface area contributed by atoms with E-state index in [1.807, 2.05) is 0 Å². The van der Waals surface area contributed by atoms with Crippen LogP contribution >= 0.6 is 0 Å². The van der Waals surface area contributed by atoms with E-state index in [1.54, 1.807) is 0 Å². The van der Waals surface area contributed by atoms with E-state index in [1.165, 1.54) is 6.42 Å². The normalized spacial score (nSPS) is 24.8. The summed E-state index contributed by atoms with van der Waals surface area (Å²) in [5.41, 5.74) is 0.642. The first kappa shape index (κ1) is 13.0. The molecule has 1 rings (SSSR count). The second kappa shape index (κ2) is 4.42. The van der Waals surface area contributed by atoms with Crippen LogP contribution in [0.4, 0.5) is 0 Å². The third-order valence-corrected chi connectivity index (χ3v) is 3.36. The van der Waals surface area contributed by atoms with Crippen molar-refractivity contribution in [3.8, 4) is 0 Å². The number of aliphatic hydroxyl groups excluding tert-OH is 1. The standard InChI is InChI=1S/C13H27NO/c1-12(2,3)10-13(4,5)14-7-6-11(8-14)9-15/h11,15H,6-10H2,1-5H3. The second-order valence-corrected chi connectivity index (χ2v) is 6.83. The largest absolute Gasteiger partial charge is 0.396 e. The molecule has 0 spiro atoms. The van der Waals surface area contributed by atoms with Gasteiger partial charge in [0.05, 0.1) is 0 Å². The number of hydrogen-bond donors (Lipinski definition) is 1. The van der Waals surface area contributed by atoms with Crippen LogP contribution in [-0.4, -0.2) is 35.2 Å². The highest BCUT2D eigenvalue weighted by Gasteiger charge is 2.35. The predicted molar refractivity (Wildman–Crippen MR) is 64.9 cm³/mol. The summed E-state index contributed by atoms with van der Waals surface area (Å²) in [4.78, 5) is 2.54. The van der Waals surface area contributed by atoms with Gasteiger partial charge in [-0.1, -0.05) is 20.8 Å². The molecule has 1 atom stereocenters. The van der Waals surface area contributed by atoms with Crippen molar-refractivity contribution in [1.82, 2.24) is 4.90 Å². The zero-order chi connectivity index (χ0) is 11.7. The van der Waals surface area contributed by atoms with Gasteiger partial charge in [0.15, 0.2) is 0 Å². The number of likely N-dealkylation sites (tertiary alicyclic amines) is 1. The number of nitrogens with zero attached hydrogens (tertiary/aromatic N) is 1. The van der Waals surface area contributed by atoms with Gasteiger partial charge in [-0.05, 0) is 44.6 Å². The lowest BCUT2D eigenvalue weighted by molar-refractivity contribution is 0.0932. The van der Waals surface area contributed by atoms with E-state index < -0.39 is 0 Å². The lowest BCUT2D eigenvalue weighted by Crippen LogP contribution is -2.45. The van der Waals surface area contributed by atoms with Crippen molar-refractivity contribution in [2.75, 3.05) is 19.7 Å². The molecule has 0 saturated carbocycles. The summed E-state index contributed by atoms with van der Waals surface area (Å²) in [5.74, 6) is 0.504. The Hall–Kier alpha value is -0.0800. The Balaban J connectivity index is 2.55. The molecule has 2 heteroatoms. The Morgan fingerprint density at radius 1 is 1.20 bits per heavy atom. The molecular weight excluding hydrogens is 186 g/mol. The van der Waals surface area contributed by atoms with Crippen molar-refractivity contribution in [3.63, 3.8) is 0 Å². The smallest absolute Gasteiger partial charge is 0.0471 e. The fourth-order valence-electron chi connectivity index (χ4n) is 2.94. The Bertz CT molecular complexity index is 205. The van der Waals surface area contributed by atoms with E-state index in [0.29, 0.717) is 17.9 Å². The molecular formula is C13H27NO. The molecule has 0 aromatic carbocycles. The summed E-state index contributed by atoms with van der Waals surface area (Å²) in [6, 6.07) is 0. The maximum atomic E-state index is 9.16. The molecule has 15 heavy (non-hydrogen) atoms. The van der Waals surface area contributed by atoms with Crippen LogP contribution in [0.2, 0.25) is 0 Å². The molecule has 0 radical (unpaired) electrons. The monoisotopic (exact) mass is 213 g/mol. The van der Waals surface area contributed by atoms with Crippen LogP contribution in [0.1, 0.15) is 47.5 Å². The van der Waals surface area contributed by atoms with Crippen LogP contribution in [0.5, 0.6) is 0 Å². The summed E-state index contributed by atoms with van der Waals surface area (Å²) in [6.45, 7) is 14.1. The highest BCUT2D eigenvalue weighted by Crippen LogP contribution is 2.34. The Labute approximate surface area is 94.7 Å². The highest BCUT2D eigenvalue weighted by molar-refractivity contribution is 4.90. The van der Waals surface area contributed by atoms with Crippen LogP contribution in [0.3, 0.4) is 0 Å². The quantitative estimate of drug-likeness (QED) is 0.778. The molecule has 0 bridgehead atoms. The maximum Gasteiger partial charge on any atom is 0.0471 e. The van der Waals surface area contributed by atoms with Gasteiger partial charge in [0.1, 0.15) is 0 Å². The lowest BCUT2D eigenvalue weighted by atomic mass is 9.81. The summed E-state index contributed by atoms with van der Waals surface area (Å²) in [7, 11) is 0. The molecule has 90 valence electrons. The Kier molecular flexibility index (Phi) is 3.83. The van der Waals surface area contributed by atoms with Crippen molar-refractivity contribution >= 4 is 0 Å². The van der Waals surface area contributed by atoms with Crippen molar-refractivity contribution in [1.29, 1.82) is 0 Å². The van der Waals surface area contributed by atoms with E-state index in [9.17, 15) is 0 Å². The summed E-state index contributed by atoms with van der Waals surface area (Å²) in [6.07, 6.45) is 2.36. The summed E-state index contributed by atoms with van der Waals surface area (Å²) < 4.78 is 0. The van der Waals surface area contributed by atoms with Gasteiger partial charge in [0.25, 0.3) is 0 Å². The zero-order valence-corrected chi connectivity index (χ0v) is 11.0. The SMILES string of the molecule is CC(C)(C)CC(C)(C)N1CCC(CO)C1. The molecule has 1 N–H and O–H groups in total. The fourth-order valence-corrected chi connectivity index (χ4v) is 2.94.